The fourth-order valence-electron chi connectivity index (χ4n) is 1.99. The number of aromatic nitrogens is 2. The molecule has 1 aromatic heterocycles. The maximum absolute atomic E-state index is 11.9. The molecular formula is C15H20N4O. The quantitative estimate of drug-likeness (QED) is 0.795. The van der Waals surface area contributed by atoms with Crippen LogP contribution in [0.15, 0.2) is 47.4 Å². The van der Waals surface area contributed by atoms with Crippen molar-refractivity contribution in [1.82, 2.24) is 9.78 Å². The number of aryl methyl sites for hydroxylation is 2. The summed E-state index contributed by atoms with van der Waals surface area (Å²) >= 11 is 0. The molecule has 1 aromatic carbocycles. The number of nitrogens with zero attached hydrogens (tertiary/aromatic N) is 2. The van der Waals surface area contributed by atoms with Gasteiger partial charge in [-0.25, -0.2) is 4.68 Å². The van der Waals surface area contributed by atoms with E-state index in [1.807, 2.05) is 18.2 Å². The maximum atomic E-state index is 11.9. The third-order valence-corrected chi connectivity index (χ3v) is 3.02. The van der Waals surface area contributed by atoms with Gasteiger partial charge >= 0.3 is 0 Å². The van der Waals surface area contributed by atoms with Crippen LogP contribution in [0, 0.1) is 0 Å². The topological polar surface area (TPSA) is 72.9 Å². The summed E-state index contributed by atoms with van der Waals surface area (Å²) in [4.78, 5) is 11.9. The highest BCUT2D eigenvalue weighted by atomic mass is 16.1. The SMILES string of the molecule is NCCNc1cnn(CCCc2ccccc2)c(=O)c1. The van der Waals surface area contributed by atoms with E-state index in [4.69, 9.17) is 5.73 Å². The van der Waals surface area contributed by atoms with E-state index in [2.05, 4.69) is 22.5 Å². The number of anilines is 1. The molecule has 20 heavy (non-hydrogen) atoms. The highest BCUT2D eigenvalue weighted by Gasteiger charge is 2.00. The predicted molar refractivity (Wildman–Crippen MR) is 80.8 cm³/mol. The van der Waals surface area contributed by atoms with Crippen molar-refractivity contribution >= 4 is 5.69 Å². The van der Waals surface area contributed by atoms with Crippen molar-refractivity contribution in [1.29, 1.82) is 0 Å². The van der Waals surface area contributed by atoms with Crippen LogP contribution in [0.2, 0.25) is 0 Å². The first-order chi connectivity index (χ1) is 9.79. The molecule has 106 valence electrons. The normalized spacial score (nSPS) is 10.4. The van der Waals surface area contributed by atoms with E-state index in [0.717, 1.165) is 18.5 Å². The predicted octanol–water partition coefficient (Wildman–Crippen LogP) is 1.25. The lowest BCUT2D eigenvalue weighted by Gasteiger charge is -2.07. The molecule has 0 aliphatic heterocycles. The van der Waals surface area contributed by atoms with Crippen LogP contribution in [0.25, 0.3) is 0 Å². The molecule has 1 heterocycles. The molecule has 2 aromatic rings. The van der Waals surface area contributed by atoms with Gasteiger partial charge in [-0.15, -0.1) is 0 Å². The Morgan fingerprint density at radius 2 is 2.05 bits per heavy atom. The van der Waals surface area contributed by atoms with Gasteiger partial charge in [-0.1, -0.05) is 30.3 Å². The molecule has 0 radical (unpaired) electrons. The molecule has 0 saturated heterocycles. The molecule has 0 atom stereocenters. The molecule has 5 nitrogen and oxygen atoms in total. The molecular weight excluding hydrogens is 252 g/mol. The minimum Gasteiger partial charge on any atom is -0.382 e. The number of benzene rings is 1. The molecule has 3 N–H and O–H groups in total. The van der Waals surface area contributed by atoms with Crippen LogP contribution in [0.4, 0.5) is 5.69 Å². The average Bonchev–Trinajstić information content (AvgIpc) is 2.48. The summed E-state index contributed by atoms with van der Waals surface area (Å²) < 4.78 is 1.50. The molecule has 2 rings (SSSR count). The molecule has 0 fully saturated rings. The Morgan fingerprint density at radius 1 is 1.25 bits per heavy atom. The van der Waals surface area contributed by atoms with Gasteiger partial charge in [0.25, 0.3) is 5.56 Å². The molecule has 0 bridgehead atoms. The minimum atomic E-state index is -0.0833. The zero-order chi connectivity index (χ0) is 14.2. The number of nitrogens with two attached hydrogens (primary N) is 1. The van der Waals surface area contributed by atoms with Crippen LogP contribution in [0.1, 0.15) is 12.0 Å². The molecule has 0 spiro atoms. The Balaban J connectivity index is 1.88. The Bertz CT molecular complexity index is 580. The Kier molecular flexibility index (Phi) is 5.32. The summed E-state index contributed by atoms with van der Waals surface area (Å²) in [7, 11) is 0. The summed E-state index contributed by atoms with van der Waals surface area (Å²) in [5.41, 5.74) is 7.32. The standard InChI is InChI=1S/C15H20N4O/c16-8-9-17-14-11-15(20)19(18-12-14)10-4-7-13-5-2-1-3-6-13/h1-3,5-6,11-12,17H,4,7-10,16H2. The third kappa shape index (κ3) is 4.20. The number of rotatable bonds is 7. The molecule has 0 aliphatic rings. The van der Waals surface area contributed by atoms with Crippen LogP contribution >= 0.6 is 0 Å². The van der Waals surface area contributed by atoms with Crippen molar-refractivity contribution in [2.24, 2.45) is 5.73 Å². The molecule has 5 heteroatoms. The number of hydrogen-bond donors (Lipinski definition) is 2. The van der Waals surface area contributed by atoms with E-state index in [-0.39, 0.29) is 5.56 Å². The summed E-state index contributed by atoms with van der Waals surface area (Å²) in [6, 6.07) is 11.8. The van der Waals surface area contributed by atoms with Crippen molar-refractivity contribution in [2.75, 3.05) is 18.4 Å². The van der Waals surface area contributed by atoms with Crippen molar-refractivity contribution in [3.63, 3.8) is 0 Å². The zero-order valence-electron chi connectivity index (χ0n) is 11.5. The van der Waals surface area contributed by atoms with Gasteiger partial charge < -0.3 is 11.1 Å². The summed E-state index contributed by atoms with van der Waals surface area (Å²) in [5.74, 6) is 0. The van der Waals surface area contributed by atoms with E-state index in [1.54, 1.807) is 12.3 Å². The van der Waals surface area contributed by atoms with Crippen LogP contribution in [0.5, 0.6) is 0 Å². The maximum Gasteiger partial charge on any atom is 0.268 e. The van der Waals surface area contributed by atoms with Crippen LogP contribution < -0.4 is 16.6 Å². The van der Waals surface area contributed by atoms with E-state index in [0.29, 0.717) is 19.6 Å². The molecule has 0 unspecified atom stereocenters. The van der Waals surface area contributed by atoms with Gasteiger partial charge in [0.2, 0.25) is 0 Å². The van der Waals surface area contributed by atoms with Gasteiger partial charge in [0.1, 0.15) is 0 Å². The van der Waals surface area contributed by atoms with Crippen LogP contribution in [0.3, 0.4) is 0 Å². The summed E-state index contributed by atoms with van der Waals surface area (Å²) in [5, 5.41) is 7.21. The number of nitrogens with one attached hydrogen (secondary N) is 1. The second-order valence-electron chi connectivity index (χ2n) is 4.61. The minimum absolute atomic E-state index is 0.0833. The Labute approximate surface area is 118 Å². The van der Waals surface area contributed by atoms with Gasteiger partial charge in [-0.3, -0.25) is 4.79 Å². The highest BCUT2D eigenvalue weighted by molar-refractivity contribution is 5.38. The van der Waals surface area contributed by atoms with Gasteiger partial charge in [0.05, 0.1) is 11.9 Å². The van der Waals surface area contributed by atoms with E-state index < -0.39 is 0 Å². The molecule has 0 aliphatic carbocycles. The fraction of sp³-hybridized carbons (Fsp3) is 0.333. The Hall–Kier alpha value is -2.14. The van der Waals surface area contributed by atoms with E-state index in [1.165, 1.54) is 10.2 Å². The van der Waals surface area contributed by atoms with Gasteiger partial charge in [-0.05, 0) is 18.4 Å². The summed E-state index contributed by atoms with van der Waals surface area (Å²) in [6.45, 7) is 1.80. The van der Waals surface area contributed by atoms with Gasteiger partial charge in [0.15, 0.2) is 0 Å². The second kappa shape index (κ2) is 7.45. The van der Waals surface area contributed by atoms with Crippen molar-refractivity contribution in [2.45, 2.75) is 19.4 Å². The average molecular weight is 272 g/mol. The lowest BCUT2D eigenvalue weighted by molar-refractivity contribution is 0.549. The zero-order valence-corrected chi connectivity index (χ0v) is 11.5. The third-order valence-electron chi connectivity index (χ3n) is 3.02. The van der Waals surface area contributed by atoms with Crippen molar-refractivity contribution < 1.29 is 0 Å². The second-order valence-corrected chi connectivity index (χ2v) is 4.61. The largest absolute Gasteiger partial charge is 0.382 e. The lowest BCUT2D eigenvalue weighted by Crippen LogP contribution is -2.23. The lowest BCUT2D eigenvalue weighted by atomic mass is 10.1. The monoisotopic (exact) mass is 272 g/mol. The number of hydrogen-bond acceptors (Lipinski definition) is 4. The first-order valence-corrected chi connectivity index (χ1v) is 6.84. The van der Waals surface area contributed by atoms with Gasteiger partial charge in [-0.2, -0.15) is 5.10 Å². The van der Waals surface area contributed by atoms with Crippen LogP contribution in [-0.4, -0.2) is 22.9 Å². The summed E-state index contributed by atoms with van der Waals surface area (Å²) in [6.07, 6.45) is 3.51. The van der Waals surface area contributed by atoms with Gasteiger partial charge in [0, 0.05) is 25.7 Å². The highest BCUT2D eigenvalue weighted by Crippen LogP contribution is 2.03. The molecule has 0 amide bonds. The Morgan fingerprint density at radius 3 is 2.75 bits per heavy atom. The van der Waals surface area contributed by atoms with E-state index >= 15 is 0 Å². The first kappa shape index (κ1) is 14.3. The van der Waals surface area contributed by atoms with Crippen LogP contribution in [-0.2, 0) is 13.0 Å². The van der Waals surface area contributed by atoms with Crippen molar-refractivity contribution in [3.05, 3.63) is 58.5 Å². The van der Waals surface area contributed by atoms with Crippen molar-refractivity contribution in [3.8, 4) is 0 Å². The first-order valence-electron chi connectivity index (χ1n) is 6.84. The smallest absolute Gasteiger partial charge is 0.268 e. The molecule has 0 saturated carbocycles. The fourth-order valence-corrected chi connectivity index (χ4v) is 1.99. The van der Waals surface area contributed by atoms with E-state index in [9.17, 15) is 4.79 Å².